The van der Waals surface area contributed by atoms with Gasteiger partial charge in [0.25, 0.3) is 5.91 Å². The first-order chi connectivity index (χ1) is 24.8. The number of nitrogens with one attached hydrogen (secondary N) is 4. The van der Waals surface area contributed by atoms with Crippen LogP contribution in [0.3, 0.4) is 0 Å². The molecule has 0 bridgehead atoms. The lowest BCUT2D eigenvalue weighted by molar-refractivity contribution is -0.144. The van der Waals surface area contributed by atoms with Gasteiger partial charge in [-0.2, -0.15) is 0 Å². The number of ketones is 1. The molecular weight excluding hydrogens is 697 g/mol. The summed E-state index contributed by atoms with van der Waals surface area (Å²) in [6.45, 7) is 15.2. The highest BCUT2D eigenvalue weighted by molar-refractivity contribution is 7.89. The maximum absolute atomic E-state index is 14.8. The van der Waals surface area contributed by atoms with Crippen molar-refractivity contribution in [2.24, 2.45) is 28.6 Å². The monoisotopic (exact) mass is 752 g/mol. The second-order valence-electron chi connectivity index (χ2n) is 16.2. The van der Waals surface area contributed by atoms with Crippen molar-refractivity contribution in [3.8, 4) is 12.3 Å². The maximum Gasteiger partial charge on any atom is 0.315 e. The minimum atomic E-state index is -3.53. The Hall–Kier alpha value is -4.22. The number of amides is 5. The van der Waals surface area contributed by atoms with Gasteiger partial charge in [0.1, 0.15) is 12.1 Å². The fourth-order valence-corrected chi connectivity index (χ4v) is 8.65. The number of benzene rings is 1. The minimum Gasteiger partial charge on any atom is -0.346 e. The van der Waals surface area contributed by atoms with E-state index in [9.17, 15) is 32.4 Å². The molecule has 1 aromatic carbocycles. The van der Waals surface area contributed by atoms with Gasteiger partial charge in [0.15, 0.2) is 0 Å². The van der Waals surface area contributed by atoms with E-state index in [1.165, 1.54) is 22.3 Å². The molecule has 0 spiro atoms. The average Bonchev–Trinajstić information content (AvgIpc) is 3.46. The fraction of sp³-hybridized carbons (Fsp3) is 0.615. The number of terminal acetylenes is 1. The molecule has 53 heavy (non-hydrogen) atoms. The molecule has 6 atom stereocenters. The Labute approximate surface area is 314 Å². The molecule has 4 rings (SSSR count). The lowest BCUT2D eigenvalue weighted by Gasteiger charge is -2.37. The standard InChI is InChI=1S/C39H56N6O7S/c1-10-13-18-28(33(46)35(48)40-19-11-2)41-34(47)32-30-27(39(30,7)8)22-45(32)36(49)31(26-20-24-16-14-15-17-25(24)21-26)43-37(50)42-29(38(4,5)6)23-44(9)53(51,52)12-3/h1,11,14-17,26-32H,2,12-13,18-23H2,3-9H3,(H,40,48)(H,41,47)(H2,42,43,50)/t27-,28?,29+,30-,31-,32-/m0/s1. The summed E-state index contributed by atoms with van der Waals surface area (Å²) in [5, 5.41) is 11.1. The Morgan fingerprint density at radius 1 is 1.09 bits per heavy atom. The van der Waals surface area contributed by atoms with Crippen LogP contribution in [-0.2, 0) is 42.0 Å². The van der Waals surface area contributed by atoms with Gasteiger partial charge in [-0.3, -0.25) is 19.2 Å². The van der Waals surface area contributed by atoms with Gasteiger partial charge in [0, 0.05) is 39.1 Å². The minimum absolute atomic E-state index is 0.00882. The number of nitrogens with zero attached hydrogens (tertiary/aromatic N) is 2. The molecular formula is C39H56N6O7S. The molecule has 1 saturated heterocycles. The summed E-state index contributed by atoms with van der Waals surface area (Å²) >= 11 is 0. The number of sulfonamides is 1. The van der Waals surface area contributed by atoms with Crippen LogP contribution in [0.15, 0.2) is 36.9 Å². The van der Waals surface area contributed by atoms with Crippen molar-refractivity contribution in [2.45, 2.75) is 91.4 Å². The van der Waals surface area contributed by atoms with E-state index in [0.29, 0.717) is 12.8 Å². The van der Waals surface area contributed by atoms with E-state index in [4.69, 9.17) is 6.42 Å². The van der Waals surface area contributed by atoms with E-state index >= 15 is 0 Å². The molecule has 1 heterocycles. The predicted octanol–water partition coefficient (Wildman–Crippen LogP) is 2.02. The van der Waals surface area contributed by atoms with Gasteiger partial charge >= 0.3 is 6.03 Å². The molecule has 290 valence electrons. The Balaban J connectivity index is 1.62. The van der Waals surface area contributed by atoms with Crippen molar-refractivity contribution < 1.29 is 32.4 Å². The van der Waals surface area contributed by atoms with Crippen LogP contribution in [0.5, 0.6) is 0 Å². The van der Waals surface area contributed by atoms with Crippen LogP contribution in [-0.4, -0.2) is 104 Å². The third kappa shape index (κ3) is 9.30. The number of piperidine rings is 1. The lowest BCUT2D eigenvalue weighted by Crippen LogP contribution is -2.61. The zero-order valence-electron chi connectivity index (χ0n) is 32.0. The molecule has 1 saturated carbocycles. The smallest absolute Gasteiger partial charge is 0.315 e. The molecule has 13 nitrogen and oxygen atoms in total. The van der Waals surface area contributed by atoms with Crippen molar-refractivity contribution in [1.82, 2.24) is 30.5 Å². The summed E-state index contributed by atoms with van der Waals surface area (Å²) in [5.41, 5.74) is 1.34. The van der Waals surface area contributed by atoms with Gasteiger partial charge < -0.3 is 26.2 Å². The first-order valence-electron chi connectivity index (χ1n) is 18.3. The van der Waals surface area contributed by atoms with E-state index < -0.39 is 69.1 Å². The highest BCUT2D eigenvalue weighted by Crippen LogP contribution is 2.65. The molecule has 1 aromatic rings. The quantitative estimate of drug-likeness (QED) is 0.114. The molecule has 14 heteroatoms. The zero-order valence-corrected chi connectivity index (χ0v) is 32.8. The number of hydrogen-bond acceptors (Lipinski definition) is 7. The lowest BCUT2D eigenvalue weighted by atomic mass is 9.86. The number of carbonyl (C=O) groups excluding carboxylic acids is 5. The summed E-state index contributed by atoms with van der Waals surface area (Å²) < 4.78 is 26.4. The predicted molar refractivity (Wildman–Crippen MR) is 203 cm³/mol. The Kier molecular flexibility index (Phi) is 12.9. The highest BCUT2D eigenvalue weighted by atomic mass is 32.2. The SMILES string of the molecule is C#CCCC(NC(=O)[C@@H]1[C@@H]2[C@H](CN1C(=O)[C@@H](NC(=O)N[C@H](CN(C)S(=O)(=O)CC)C(C)(C)C)C1Cc3ccccc3C1)C2(C)C)C(=O)C(=O)NCC=C. The third-order valence-corrected chi connectivity index (χ3v) is 13.2. The third-order valence-electron chi connectivity index (χ3n) is 11.3. The average molecular weight is 753 g/mol. The number of fused-ring (bicyclic) bond motifs is 2. The van der Waals surface area contributed by atoms with Gasteiger partial charge in [0.2, 0.25) is 27.6 Å². The van der Waals surface area contributed by atoms with Crippen molar-refractivity contribution in [1.29, 1.82) is 0 Å². The van der Waals surface area contributed by atoms with E-state index in [-0.39, 0.29) is 61.4 Å². The summed E-state index contributed by atoms with van der Waals surface area (Å²) in [6.07, 6.45) is 8.13. The maximum atomic E-state index is 14.8. The number of carbonyl (C=O) groups is 5. The van der Waals surface area contributed by atoms with Gasteiger partial charge in [-0.05, 0) is 65.9 Å². The van der Waals surface area contributed by atoms with Crippen LogP contribution in [0.4, 0.5) is 4.79 Å². The van der Waals surface area contributed by atoms with Crippen molar-refractivity contribution in [3.05, 3.63) is 48.0 Å². The molecule has 3 aliphatic rings. The van der Waals surface area contributed by atoms with Crippen LogP contribution >= 0.6 is 0 Å². The molecule has 2 aliphatic carbocycles. The molecule has 1 unspecified atom stereocenters. The number of likely N-dealkylation sites (tertiary alicyclic amines) is 1. The Bertz CT molecular complexity index is 1720. The van der Waals surface area contributed by atoms with Crippen molar-refractivity contribution in [2.75, 3.05) is 32.4 Å². The molecule has 1 aliphatic heterocycles. The Morgan fingerprint density at radius 3 is 2.26 bits per heavy atom. The molecule has 0 radical (unpaired) electrons. The number of Topliss-reactive ketones (excluding diaryl/α,β-unsaturated/α-hetero) is 1. The van der Waals surface area contributed by atoms with E-state index in [1.807, 2.05) is 58.9 Å². The first kappa shape index (κ1) is 41.5. The molecule has 0 aromatic heterocycles. The largest absolute Gasteiger partial charge is 0.346 e. The topological polar surface area (TPSA) is 174 Å². The summed E-state index contributed by atoms with van der Waals surface area (Å²) in [6, 6.07) is 3.44. The molecule has 4 N–H and O–H groups in total. The normalized spacial score (nSPS) is 22.0. The zero-order chi connectivity index (χ0) is 39.5. The summed E-state index contributed by atoms with van der Waals surface area (Å²) in [7, 11) is -2.05. The Morgan fingerprint density at radius 2 is 1.72 bits per heavy atom. The van der Waals surface area contributed by atoms with Crippen LogP contribution in [0.2, 0.25) is 0 Å². The van der Waals surface area contributed by atoms with Crippen LogP contribution in [0.1, 0.15) is 65.5 Å². The molecule has 2 fully saturated rings. The number of hydrogen-bond donors (Lipinski definition) is 4. The van der Waals surface area contributed by atoms with Crippen LogP contribution < -0.4 is 21.3 Å². The number of likely N-dealkylation sites (N-methyl/N-ethyl adjacent to an activating group) is 1. The summed E-state index contributed by atoms with van der Waals surface area (Å²) in [4.78, 5) is 70.1. The number of rotatable bonds is 16. The van der Waals surface area contributed by atoms with E-state index in [1.54, 1.807) is 6.92 Å². The van der Waals surface area contributed by atoms with Gasteiger partial charge in [-0.25, -0.2) is 17.5 Å². The second kappa shape index (κ2) is 16.4. The highest BCUT2D eigenvalue weighted by Gasteiger charge is 2.69. The van der Waals surface area contributed by atoms with Crippen LogP contribution in [0.25, 0.3) is 0 Å². The van der Waals surface area contributed by atoms with Crippen molar-refractivity contribution in [3.63, 3.8) is 0 Å². The fourth-order valence-electron chi connectivity index (χ4n) is 7.83. The summed E-state index contributed by atoms with van der Waals surface area (Å²) in [5.74, 6) is -0.858. The van der Waals surface area contributed by atoms with E-state index in [0.717, 1.165) is 11.1 Å². The van der Waals surface area contributed by atoms with Gasteiger partial charge in [-0.15, -0.1) is 18.9 Å². The number of urea groups is 1. The van der Waals surface area contributed by atoms with Gasteiger partial charge in [0.05, 0.1) is 11.8 Å². The molecule has 5 amide bonds. The van der Waals surface area contributed by atoms with Gasteiger partial charge in [-0.1, -0.05) is 65.0 Å². The van der Waals surface area contributed by atoms with E-state index in [2.05, 4.69) is 33.8 Å². The van der Waals surface area contributed by atoms with Crippen LogP contribution in [0, 0.1) is 40.9 Å². The van der Waals surface area contributed by atoms with Crippen molar-refractivity contribution >= 4 is 39.6 Å². The second-order valence-corrected chi connectivity index (χ2v) is 18.6. The first-order valence-corrected chi connectivity index (χ1v) is 19.9.